The molecule has 0 aromatic carbocycles. The smallest absolute Gasteiger partial charge is 0.255 e. The highest BCUT2D eigenvalue weighted by atomic mass is 35.5. The molecule has 0 unspecified atom stereocenters. The fourth-order valence-corrected chi connectivity index (χ4v) is 1.32. The van der Waals surface area contributed by atoms with Crippen LogP contribution in [0.2, 0.25) is 0 Å². The fraction of sp³-hybridized carbons (Fsp3) is 0.875. The highest BCUT2D eigenvalue weighted by Gasteiger charge is 2.28. The van der Waals surface area contributed by atoms with Gasteiger partial charge in [-0.1, -0.05) is 0 Å². The van der Waals surface area contributed by atoms with E-state index < -0.39 is 24.9 Å². The van der Waals surface area contributed by atoms with Crippen molar-refractivity contribution < 1.29 is 18.3 Å². The summed E-state index contributed by atoms with van der Waals surface area (Å²) in [5.74, 6) is -0.433. The fourth-order valence-electron chi connectivity index (χ4n) is 1.32. The molecule has 90 valence electrons. The minimum Gasteiger partial charge on any atom is -0.375 e. The van der Waals surface area contributed by atoms with Gasteiger partial charge >= 0.3 is 0 Å². The van der Waals surface area contributed by atoms with Gasteiger partial charge in [-0.05, 0) is 6.92 Å². The summed E-state index contributed by atoms with van der Waals surface area (Å²) < 4.78 is 28.8. The quantitative estimate of drug-likeness (QED) is 0.744. The summed E-state index contributed by atoms with van der Waals surface area (Å²) in [4.78, 5) is 11.3. The van der Waals surface area contributed by atoms with Gasteiger partial charge in [0.25, 0.3) is 6.43 Å². The normalized spacial score (nSPS) is 25.9. The van der Waals surface area contributed by atoms with Gasteiger partial charge < -0.3 is 15.4 Å². The van der Waals surface area contributed by atoms with Crippen LogP contribution in [-0.2, 0) is 9.53 Å². The third-order valence-corrected chi connectivity index (χ3v) is 2.03. The lowest BCUT2D eigenvalue weighted by Gasteiger charge is -2.29. The number of carbonyl (C=O) groups excluding carboxylic acids is 1. The number of rotatable bonds is 3. The highest BCUT2D eigenvalue weighted by molar-refractivity contribution is 5.85. The van der Waals surface area contributed by atoms with Crippen molar-refractivity contribution in [1.29, 1.82) is 0 Å². The average molecular weight is 245 g/mol. The number of halogens is 3. The molecule has 4 nitrogen and oxygen atoms in total. The summed E-state index contributed by atoms with van der Waals surface area (Å²) in [6.45, 7) is 2.24. The number of carbonyl (C=O) groups is 1. The zero-order valence-corrected chi connectivity index (χ0v) is 9.15. The SMILES string of the molecule is C[C@H]1OCCN[C@@H]1C(=O)NCC(F)F.Cl. The molecule has 15 heavy (non-hydrogen) atoms. The molecule has 2 N–H and O–H groups in total. The average Bonchev–Trinajstić information content (AvgIpc) is 2.15. The molecule has 0 aromatic heterocycles. The summed E-state index contributed by atoms with van der Waals surface area (Å²) >= 11 is 0. The maximum absolute atomic E-state index is 11.8. The van der Waals surface area contributed by atoms with E-state index in [1.807, 2.05) is 0 Å². The molecule has 0 aliphatic carbocycles. The highest BCUT2D eigenvalue weighted by Crippen LogP contribution is 2.03. The number of hydrogen-bond donors (Lipinski definition) is 2. The molecule has 0 radical (unpaired) electrons. The molecule has 0 spiro atoms. The van der Waals surface area contributed by atoms with E-state index >= 15 is 0 Å². The van der Waals surface area contributed by atoms with E-state index in [9.17, 15) is 13.6 Å². The van der Waals surface area contributed by atoms with Crippen molar-refractivity contribution in [2.45, 2.75) is 25.5 Å². The van der Waals surface area contributed by atoms with Gasteiger partial charge in [0.15, 0.2) is 0 Å². The number of hydrogen-bond acceptors (Lipinski definition) is 3. The second-order valence-corrected chi connectivity index (χ2v) is 3.14. The molecule has 0 saturated carbocycles. The summed E-state index contributed by atoms with van der Waals surface area (Å²) in [6, 6.07) is -0.525. The Morgan fingerprint density at radius 2 is 2.33 bits per heavy atom. The largest absolute Gasteiger partial charge is 0.375 e. The van der Waals surface area contributed by atoms with Crippen molar-refractivity contribution >= 4 is 18.3 Å². The summed E-state index contributed by atoms with van der Waals surface area (Å²) in [5, 5.41) is 5.06. The Morgan fingerprint density at radius 3 is 2.87 bits per heavy atom. The number of alkyl halides is 2. The van der Waals surface area contributed by atoms with Gasteiger partial charge in [-0.25, -0.2) is 8.78 Å². The zero-order valence-electron chi connectivity index (χ0n) is 8.33. The second-order valence-electron chi connectivity index (χ2n) is 3.14. The minimum absolute atomic E-state index is 0. The lowest BCUT2D eigenvalue weighted by molar-refractivity contribution is -0.129. The maximum atomic E-state index is 11.8. The van der Waals surface area contributed by atoms with Crippen molar-refractivity contribution in [3.05, 3.63) is 0 Å². The van der Waals surface area contributed by atoms with Crippen molar-refractivity contribution in [1.82, 2.24) is 10.6 Å². The van der Waals surface area contributed by atoms with Crippen molar-refractivity contribution in [2.75, 3.05) is 19.7 Å². The van der Waals surface area contributed by atoms with Crippen LogP contribution in [0, 0.1) is 0 Å². The van der Waals surface area contributed by atoms with Crippen LogP contribution in [0.15, 0.2) is 0 Å². The minimum atomic E-state index is -2.52. The molecule has 0 aromatic rings. The molecule has 0 bridgehead atoms. The third-order valence-electron chi connectivity index (χ3n) is 2.03. The molecule has 7 heteroatoms. The first kappa shape index (κ1) is 14.5. The lowest BCUT2D eigenvalue weighted by atomic mass is 10.1. The Labute approximate surface area is 93.1 Å². The topological polar surface area (TPSA) is 50.4 Å². The second kappa shape index (κ2) is 6.92. The Balaban J connectivity index is 0.00000196. The monoisotopic (exact) mass is 244 g/mol. The Kier molecular flexibility index (Phi) is 6.71. The van der Waals surface area contributed by atoms with Gasteiger partial charge in [0, 0.05) is 6.54 Å². The molecule has 1 aliphatic heterocycles. The van der Waals surface area contributed by atoms with Crippen LogP contribution >= 0.6 is 12.4 Å². The van der Waals surface area contributed by atoms with E-state index in [0.717, 1.165) is 0 Å². The molecular formula is C8H15ClF2N2O2. The van der Waals surface area contributed by atoms with Crippen LogP contribution < -0.4 is 10.6 Å². The van der Waals surface area contributed by atoms with Gasteiger partial charge in [-0.2, -0.15) is 0 Å². The van der Waals surface area contributed by atoms with Crippen LogP contribution in [0.5, 0.6) is 0 Å². The van der Waals surface area contributed by atoms with E-state index in [1.54, 1.807) is 6.92 Å². The number of morpholine rings is 1. The zero-order chi connectivity index (χ0) is 10.6. The lowest BCUT2D eigenvalue weighted by Crippen LogP contribution is -2.55. The number of nitrogens with one attached hydrogen (secondary N) is 2. The van der Waals surface area contributed by atoms with Gasteiger partial charge in [0.1, 0.15) is 6.04 Å². The van der Waals surface area contributed by atoms with E-state index in [4.69, 9.17) is 4.74 Å². The van der Waals surface area contributed by atoms with Crippen LogP contribution in [0.25, 0.3) is 0 Å². The summed E-state index contributed by atoms with van der Waals surface area (Å²) in [5.41, 5.74) is 0. The van der Waals surface area contributed by atoms with Crippen LogP contribution in [0.4, 0.5) is 8.78 Å². The van der Waals surface area contributed by atoms with Crippen molar-refractivity contribution in [2.24, 2.45) is 0 Å². The van der Waals surface area contributed by atoms with E-state index in [2.05, 4.69) is 10.6 Å². The van der Waals surface area contributed by atoms with Gasteiger partial charge in [-0.15, -0.1) is 12.4 Å². The predicted molar refractivity (Wildman–Crippen MR) is 53.5 cm³/mol. The predicted octanol–water partition coefficient (Wildman–Crippen LogP) is 0.166. The van der Waals surface area contributed by atoms with Crippen molar-refractivity contribution in [3.63, 3.8) is 0 Å². The van der Waals surface area contributed by atoms with E-state index in [0.29, 0.717) is 13.2 Å². The first-order chi connectivity index (χ1) is 6.61. The molecule has 1 saturated heterocycles. The third kappa shape index (κ3) is 4.72. The summed E-state index contributed by atoms with van der Waals surface area (Å²) in [6.07, 6.45) is -2.79. The molecule has 1 heterocycles. The Hall–Kier alpha value is -0.460. The Bertz CT molecular complexity index is 207. The molecule has 1 amide bonds. The molecule has 1 fully saturated rings. The van der Waals surface area contributed by atoms with E-state index in [-0.39, 0.29) is 18.5 Å². The molecule has 1 aliphatic rings. The number of ether oxygens (including phenoxy) is 1. The summed E-state index contributed by atoms with van der Waals surface area (Å²) in [7, 11) is 0. The van der Waals surface area contributed by atoms with Crippen LogP contribution in [0.3, 0.4) is 0 Å². The van der Waals surface area contributed by atoms with Crippen molar-refractivity contribution in [3.8, 4) is 0 Å². The molecule has 2 atom stereocenters. The van der Waals surface area contributed by atoms with E-state index in [1.165, 1.54) is 0 Å². The van der Waals surface area contributed by atoms with Gasteiger partial charge in [0.05, 0.1) is 19.3 Å². The molecular weight excluding hydrogens is 230 g/mol. The number of amides is 1. The Morgan fingerprint density at radius 1 is 1.67 bits per heavy atom. The maximum Gasteiger partial charge on any atom is 0.255 e. The first-order valence-corrected chi connectivity index (χ1v) is 4.52. The standard InChI is InChI=1S/C8H14F2N2O2.ClH/c1-5-7(11-2-3-14-5)8(13)12-4-6(9)10;/h5-7,11H,2-4H2,1H3,(H,12,13);1H/t5-,7+;/m1./s1. The molecule has 1 rings (SSSR count). The van der Waals surface area contributed by atoms with Gasteiger partial charge in [-0.3, -0.25) is 4.79 Å². The van der Waals surface area contributed by atoms with Gasteiger partial charge in [0.2, 0.25) is 5.91 Å². The van der Waals surface area contributed by atoms with Crippen LogP contribution in [-0.4, -0.2) is 44.2 Å². The first-order valence-electron chi connectivity index (χ1n) is 4.52. The van der Waals surface area contributed by atoms with Crippen LogP contribution in [0.1, 0.15) is 6.92 Å².